The normalized spacial score (nSPS) is 27.3. The molecule has 2 saturated heterocycles. The highest BCUT2D eigenvalue weighted by molar-refractivity contribution is 6.16. The fourth-order valence-electron chi connectivity index (χ4n) is 5.57. The topological polar surface area (TPSA) is 106 Å². The molecule has 0 bridgehead atoms. The molecule has 0 aromatic carbocycles. The third-order valence-electron chi connectivity index (χ3n) is 6.99. The maximum Gasteiger partial charge on any atom is 0.423 e. The quantitative estimate of drug-likeness (QED) is 0.490. The van der Waals surface area contributed by atoms with E-state index in [-0.39, 0.29) is 18.6 Å². The van der Waals surface area contributed by atoms with Crippen molar-refractivity contribution in [3.8, 4) is 0 Å². The maximum atomic E-state index is 13.0. The van der Waals surface area contributed by atoms with Crippen LogP contribution in [0.1, 0.15) is 57.5 Å². The summed E-state index contributed by atoms with van der Waals surface area (Å²) in [5, 5.41) is 9.22. The van der Waals surface area contributed by atoms with Crippen molar-refractivity contribution in [1.82, 2.24) is 4.90 Å². The van der Waals surface area contributed by atoms with Crippen LogP contribution in [-0.4, -0.2) is 47.7 Å². The lowest BCUT2D eigenvalue weighted by Gasteiger charge is -2.30. The first-order valence-corrected chi connectivity index (χ1v) is 11.5. The molecule has 1 aromatic rings. The smallest absolute Gasteiger partial charge is 0.423 e. The molecule has 8 heteroatoms. The zero-order valence-electron chi connectivity index (χ0n) is 19.3. The molecule has 0 spiro atoms. The molecule has 1 N–H and O–H groups in total. The second kappa shape index (κ2) is 9.65. The second-order valence-electron chi connectivity index (χ2n) is 9.04. The Morgan fingerprint density at radius 3 is 2.70 bits per heavy atom. The summed E-state index contributed by atoms with van der Waals surface area (Å²) in [5.74, 6) is -0.952. The van der Waals surface area contributed by atoms with Gasteiger partial charge in [-0.2, -0.15) is 4.90 Å². The molecule has 4 rings (SSSR count). The number of rotatable bonds is 7. The molecule has 0 saturated carbocycles. The molecule has 4 atom stereocenters. The SMILES string of the molecule is CCC/C(=C\c1ccc(CO)o1)CC[C@H]1OC[C@H]2C1=C(C)C[C@H]1C(=O)N(C(=O)OC)C(=O)[C@H]12. The van der Waals surface area contributed by atoms with E-state index in [9.17, 15) is 19.5 Å². The van der Waals surface area contributed by atoms with Gasteiger partial charge in [0.25, 0.3) is 0 Å². The van der Waals surface area contributed by atoms with E-state index in [0.717, 1.165) is 42.6 Å². The number of hydrogen-bond donors (Lipinski definition) is 1. The van der Waals surface area contributed by atoms with Crippen LogP contribution in [0.3, 0.4) is 0 Å². The van der Waals surface area contributed by atoms with E-state index in [0.29, 0.717) is 23.7 Å². The van der Waals surface area contributed by atoms with Crippen LogP contribution in [0, 0.1) is 17.8 Å². The molecule has 3 aliphatic rings. The van der Waals surface area contributed by atoms with Gasteiger partial charge < -0.3 is 19.0 Å². The van der Waals surface area contributed by atoms with Gasteiger partial charge in [0, 0.05) is 5.92 Å². The number of aliphatic hydroxyl groups is 1. The molecular formula is C25H31NO7. The van der Waals surface area contributed by atoms with Crippen molar-refractivity contribution >= 4 is 24.0 Å². The van der Waals surface area contributed by atoms with E-state index in [4.69, 9.17) is 9.15 Å². The molecule has 1 aromatic heterocycles. The van der Waals surface area contributed by atoms with Crippen LogP contribution >= 0.6 is 0 Å². The molecule has 33 heavy (non-hydrogen) atoms. The maximum absolute atomic E-state index is 13.0. The van der Waals surface area contributed by atoms with Crippen molar-refractivity contribution in [2.24, 2.45) is 17.8 Å². The van der Waals surface area contributed by atoms with Crippen molar-refractivity contribution in [3.63, 3.8) is 0 Å². The lowest BCUT2D eigenvalue weighted by atomic mass is 9.70. The molecule has 0 radical (unpaired) electrons. The summed E-state index contributed by atoms with van der Waals surface area (Å²) >= 11 is 0. The molecule has 8 nitrogen and oxygen atoms in total. The largest absolute Gasteiger partial charge is 0.459 e. The Balaban J connectivity index is 1.50. The average Bonchev–Trinajstić information content (AvgIpc) is 3.49. The zero-order valence-corrected chi connectivity index (χ0v) is 19.3. The van der Waals surface area contributed by atoms with Gasteiger partial charge in [-0.05, 0) is 56.4 Å². The highest BCUT2D eigenvalue weighted by Crippen LogP contribution is 2.49. The Kier molecular flexibility index (Phi) is 6.86. The fourth-order valence-corrected chi connectivity index (χ4v) is 5.57. The first-order chi connectivity index (χ1) is 15.9. The highest BCUT2D eigenvalue weighted by atomic mass is 16.5. The Morgan fingerprint density at radius 1 is 1.24 bits per heavy atom. The summed E-state index contributed by atoms with van der Waals surface area (Å²) in [6, 6.07) is 3.62. The molecular weight excluding hydrogens is 426 g/mol. The highest BCUT2D eigenvalue weighted by Gasteiger charge is 2.58. The number of hydrogen-bond acceptors (Lipinski definition) is 7. The summed E-state index contributed by atoms with van der Waals surface area (Å²) in [5.41, 5.74) is 3.43. The van der Waals surface area contributed by atoms with Crippen LogP contribution < -0.4 is 0 Å². The summed E-state index contributed by atoms with van der Waals surface area (Å²) in [4.78, 5) is 38.4. The number of nitrogens with zero attached hydrogens (tertiary/aromatic N) is 1. The van der Waals surface area contributed by atoms with Gasteiger partial charge in [0.1, 0.15) is 18.1 Å². The average molecular weight is 458 g/mol. The van der Waals surface area contributed by atoms with E-state index in [1.807, 2.05) is 19.1 Å². The standard InChI is InChI=1S/C25H31NO7/c1-4-5-15(11-16-7-8-17(12-27)33-16)6-9-20-21-14(2)10-18-22(19(21)13-32-20)24(29)26(23(18)28)25(30)31-3/h7-8,11,18-20,22,27H,4-6,9-10,12-13H2,1-3H3/b15-11+/t18-,19+,20-,22-/m1/s1. The molecule has 1 aliphatic carbocycles. The van der Waals surface area contributed by atoms with Crippen LogP contribution in [0.4, 0.5) is 4.79 Å². The summed E-state index contributed by atoms with van der Waals surface area (Å²) in [6.07, 6.45) is 4.97. The zero-order chi connectivity index (χ0) is 23.7. The molecule has 3 heterocycles. The second-order valence-corrected chi connectivity index (χ2v) is 9.04. The van der Waals surface area contributed by atoms with E-state index >= 15 is 0 Å². The van der Waals surface area contributed by atoms with Gasteiger partial charge >= 0.3 is 6.09 Å². The van der Waals surface area contributed by atoms with Crippen LogP contribution in [0.2, 0.25) is 0 Å². The number of likely N-dealkylation sites (tertiary alicyclic amines) is 1. The molecule has 3 amide bonds. The fraction of sp³-hybridized carbons (Fsp3) is 0.560. The summed E-state index contributed by atoms with van der Waals surface area (Å²) < 4.78 is 16.4. The third kappa shape index (κ3) is 4.29. The van der Waals surface area contributed by atoms with Gasteiger partial charge in [-0.1, -0.05) is 24.5 Å². The number of carbonyl (C=O) groups is 3. The lowest BCUT2D eigenvalue weighted by molar-refractivity contribution is -0.137. The van der Waals surface area contributed by atoms with Gasteiger partial charge in [-0.3, -0.25) is 9.59 Å². The number of furan rings is 1. The van der Waals surface area contributed by atoms with Crippen molar-refractivity contribution in [2.45, 2.75) is 58.7 Å². The number of methoxy groups -OCH3 is 1. The van der Waals surface area contributed by atoms with Crippen LogP contribution in [-0.2, 0) is 25.7 Å². The van der Waals surface area contributed by atoms with Crippen LogP contribution in [0.5, 0.6) is 0 Å². The predicted molar refractivity (Wildman–Crippen MR) is 119 cm³/mol. The number of aliphatic hydroxyl groups excluding tert-OH is 1. The van der Waals surface area contributed by atoms with Gasteiger partial charge in [0.2, 0.25) is 11.8 Å². The minimum Gasteiger partial charge on any atom is -0.459 e. The molecule has 2 aliphatic heterocycles. The van der Waals surface area contributed by atoms with E-state index in [1.165, 1.54) is 12.7 Å². The third-order valence-corrected chi connectivity index (χ3v) is 6.99. The Bertz CT molecular complexity index is 1000. The monoisotopic (exact) mass is 457 g/mol. The van der Waals surface area contributed by atoms with Crippen LogP contribution in [0.15, 0.2) is 33.3 Å². The summed E-state index contributed by atoms with van der Waals surface area (Å²) in [7, 11) is 1.17. The molecule has 2 fully saturated rings. The number of allylic oxidation sites excluding steroid dienone is 2. The predicted octanol–water partition coefficient (Wildman–Crippen LogP) is 3.84. The lowest BCUT2D eigenvalue weighted by Crippen LogP contribution is -2.37. The number of fused-ring (bicyclic) bond motifs is 3. The van der Waals surface area contributed by atoms with E-state index in [1.54, 1.807) is 6.07 Å². The van der Waals surface area contributed by atoms with Crippen molar-refractivity contribution < 1.29 is 33.4 Å². The van der Waals surface area contributed by atoms with Crippen molar-refractivity contribution in [2.75, 3.05) is 13.7 Å². The van der Waals surface area contributed by atoms with Gasteiger partial charge in [0.05, 0.1) is 31.7 Å². The Morgan fingerprint density at radius 2 is 2.03 bits per heavy atom. The molecule has 178 valence electrons. The van der Waals surface area contributed by atoms with E-state index in [2.05, 4.69) is 11.7 Å². The van der Waals surface area contributed by atoms with Crippen molar-refractivity contribution in [3.05, 3.63) is 40.4 Å². The van der Waals surface area contributed by atoms with Gasteiger partial charge in [-0.15, -0.1) is 0 Å². The number of imide groups is 3. The minimum atomic E-state index is -0.911. The van der Waals surface area contributed by atoms with Crippen molar-refractivity contribution in [1.29, 1.82) is 0 Å². The summed E-state index contributed by atoms with van der Waals surface area (Å²) in [6.45, 7) is 4.37. The van der Waals surface area contributed by atoms with Gasteiger partial charge in [0.15, 0.2) is 0 Å². The number of ether oxygens (including phenoxy) is 2. The molecule has 0 unspecified atom stereocenters. The Hall–Kier alpha value is -2.71. The number of amides is 3. The van der Waals surface area contributed by atoms with Crippen LogP contribution in [0.25, 0.3) is 6.08 Å². The van der Waals surface area contributed by atoms with E-state index < -0.39 is 29.7 Å². The first kappa shape index (κ1) is 23.4. The first-order valence-electron chi connectivity index (χ1n) is 11.5. The minimum absolute atomic E-state index is 0.115. The van der Waals surface area contributed by atoms with Gasteiger partial charge in [-0.25, -0.2) is 4.79 Å². The Labute approximate surface area is 193 Å². The number of carbonyl (C=O) groups excluding carboxylic acids is 3.